The van der Waals surface area contributed by atoms with Crippen LogP contribution in [0.25, 0.3) is 0 Å². The van der Waals surface area contributed by atoms with Crippen molar-refractivity contribution in [3.63, 3.8) is 0 Å². The van der Waals surface area contributed by atoms with Crippen LogP contribution in [-0.4, -0.2) is 82.9 Å². The highest BCUT2D eigenvalue weighted by Gasteiger charge is 2.46. The van der Waals surface area contributed by atoms with Crippen LogP contribution in [0.3, 0.4) is 0 Å². The van der Waals surface area contributed by atoms with Crippen molar-refractivity contribution in [2.75, 3.05) is 23.0 Å². The summed E-state index contributed by atoms with van der Waals surface area (Å²) in [7, 11) is 0. The fourth-order valence-corrected chi connectivity index (χ4v) is 28.6. The van der Waals surface area contributed by atoms with Gasteiger partial charge in [0.1, 0.15) is 12.2 Å². The molecule has 9 unspecified atom stereocenters. The lowest BCUT2D eigenvalue weighted by molar-refractivity contribution is -0.136. The summed E-state index contributed by atoms with van der Waals surface area (Å²) in [5.74, 6) is 2.66. The van der Waals surface area contributed by atoms with Crippen LogP contribution in [0.4, 0.5) is 0 Å². The number of carboxylic acids is 1. The molecule has 0 aromatic heterocycles. The van der Waals surface area contributed by atoms with Crippen molar-refractivity contribution < 1.29 is 46.1 Å². The summed E-state index contributed by atoms with van der Waals surface area (Å²) in [6, 6.07) is 0. The van der Waals surface area contributed by atoms with Crippen LogP contribution in [0.2, 0.25) is 0 Å². The lowest BCUT2D eigenvalue weighted by Gasteiger charge is -2.32. The first-order chi connectivity index (χ1) is 27.9. The van der Waals surface area contributed by atoms with E-state index in [4.69, 9.17) is 83.9 Å². The number of rotatable bonds is 37. The molecule has 0 fully saturated rings. The van der Waals surface area contributed by atoms with Gasteiger partial charge in [-0.05, 0) is 147 Å². The Kier molecular flexibility index (Phi) is 34.0. The maximum absolute atomic E-state index is 11.3. The van der Waals surface area contributed by atoms with E-state index < -0.39 is 35.3 Å². The first-order valence-electron chi connectivity index (χ1n) is 21.6. The molecular formula is C39H83O10P4S8+. The second-order valence-electron chi connectivity index (χ2n) is 17.8. The Hall–Kier alpha value is 3.28. The Labute approximate surface area is 410 Å². The summed E-state index contributed by atoms with van der Waals surface area (Å²) < 4.78 is 52.4. The summed E-state index contributed by atoms with van der Waals surface area (Å²) in [6.45, 7) is 35.4. The molecule has 0 heterocycles. The van der Waals surface area contributed by atoms with E-state index >= 15 is 0 Å². The van der Waals surface area contributed by atoms with Crippen LogP contribution >= 0.6 is 81.0 Å². The van der Waals surface area contributed by atoms with Gasteiger partial charge in [-0.1, -0.05) is 89.5 Å². The third-order valence-electron chi connectivity index (χ3n) is 7.70. The van der Waals surface area contributed by atoms with E-state index in [9.17, 15) is 9.90 Å². The molecule has 10 nitrogen and oxygen atoms in total. The summed E-state index contributed by atoms with van der Waals surface area (Å²) >= 11 is 29.3. The zero-order valence-corrected chi connectivity index (χ0v) is 50.2. The molecule has 0 aliphatic carbocycles. The number of aliphatic carboxylic acids is 1. The van der Waals surface area contributed by atoms with Gasteiger partial charge in [-0.3, -0.25) is 4.79 Å². The first-order valence-corrected chi connectivity index (χ1v) is 38.6. The number of carbonyl (C=O) groups is 1. The lowest BCUT2D eigenvalue weighted by Crippen LogP contribution is -2.19. The highest BCUT2D eigenvalue weighted by atomic mass is 33.1. The van der Waals surface area contributed by atoms with E-state index in [0.29, 0.717) is 40.9 Å². The molecule has 0 aromatic rings. The van der Waals surface area contributed by atoms with Gasteiger partial charge in [-0.2, -0.15) is 9.05 Å². The van der Waals surface area contributed by atoms with Crippen LogP contribution in [-0.2, 0) is 76.4 Å². The molecule has 0 aliphatic heterocycles. The van der Waals surface area contributed by atoms with Crippen molar-refractivity contribution in [1.82, 2.24) is 0 Å². The van der Waals surface area contributed by atoms with Crippen molar-refractivity contribution in [2.24, 2.45) is 23.7 Å². The Morgan fingerprint density at radius 2 is 0.820 bits per heavy atom. The normalized spacial score (nSPS) is 20.2. The summed E-state index contributed by atoms with van der Waals surface area (Å²) in [4.78, 5) is 11.3. The summed E-state index contributed by atoms with van der Waals surface area (Å²) in [5.41, 5.74) is -8.70. The minimum absolute atomic E-state index is 0.0274. The van der Waals surface area contributed by atoms with E-state index in [0.717, 1.165) is 25.7 Å². The topological polar surface area (TPSA) is 111 Å². The second kappa shape index (κ2) is 32.2. The predicted molar refractivity (Wildman–Crippen MR) is 289 cm³/mol. The Morgan fingerprint density at radius 1 is 0.508 bits per heavy atom. The van der Waals surface area contributed by atoms with E-state index in [-0.39, 0.29) is 54.9 Å². The number of carboxylic acid groups (broad SMARTS) is 1. The molecule has 0 bridgehead atoms. The molecule has 0 aliphatic rings. The minimum Gasteiger partial charge on any atom is -0.481 e. The third kappa shape index (κ3) is 33.5. The Balaban J connectivity index is 6.47. The lowest BCUT2D eigenvalue weighted by atomic mass is 10.1. The molecule has 1 N–H and O–H groups in total. The molecule has 0 aromatic carbocycles. The maximum atomic E-state index is 11.3. The molecule has 0 saturated carbocycles. The van der Waals surface area contributed by atoms with Crippen molar-refractivity contribution in [1.29, 1.82) is 0 Å². The van der Waals surface area contributed by atoms with Crippen LogP contribution in [0, 0.1) is 23.7 Å². The molecular weight excluding hydrogens is 1010 g/mol. The first kappa shape index (κ1) is 64.3. The van der Waals surface area contributed by atoms with Gasteiger partial charge in [0.25, 0.3) is 0 Å². The largest absolute Gasteiger partial charge is 0.481 e. The molecule has 9 atom stereocenters. The fourth-order valence-electron chi connectivity index (χ4n) is 5.91. The van der Waals surface area contributed by atoms with E-state index in [1.165, 1.54) is 34.1 Å². The van der Waals surface area contributed by atoms with Gasteiger partial charge >= 0.3 is 12.1 Å². The predicted octanol–water partition coefficient (Wildman–Crippen LogP) is 16.1. The van der Waals surface area contributed by atoms with Gasteiger partial charge < -0.3 is 32.2 Å². The van der Waals surface area contributed by atoms with E-state index in [1.54, 1.807) is 11.4 Å². The van der Waals surface area contributed by atoms with Crippen LogP contribution in [0.1, 0.15) is 150 Å². The number of thiol groups is 1. The Morgan fingerprint density at radius 3 is 1.15 bits per heavy atom. The third-order valence-corrected chi connectivity index (χ3v) is 30.0. The molecule has 22 heteroatoms. The molecule has 0 radical (unpaired) electrons. The number of hydrogen-bond donors (Lipinski definition) is 2. The van der Waals surface area contributed by atoms with Crippen molar-refractivity contribution in [3.8, 4) is 0 Å². The van der Waals surface area contributed by atoms with Crippen LogP contribution in [0.15, 0.2) is 0 Å². The van der Waals surface area contributed by atoms with E-state index in [1.807, 2.05) is 34.6 Å². The van der Waals surface area contributed by atoms with E-state index in [2.05, 4.69) is 83.1 Å². The molecule has 0 saturated heterocycles. The van der Waals surface area contributed by atoms with Gasteiger partial charge in [0.2, 0.25) is 17.1 Å². The monoisotopic (exact) mass is 1090 g/mol. The van der Waals surface area contributed by atoms with Gasteiger partial charge in [0, 0.05) is 17.3 Å². The quantitative estimate of drug-likeness (QED) is 0.0454. The highest BCUT2D eigenvalue weighted by molar-refractivity contribution is 8.87. The number of hydrogen-bond acceptors (Lipinski definition) is 17. The zero-order chi connectivity index (χ0) is 47.4. The highest BCUT2D eigenvalue weighted by Crippen LogP contribution is 2.78. The average molecular weight is 1090 g/mol. The zero-order valence-electron chi connectivity index (χ0n) is 40.0. The average Bonchev–Trinajstić information content (AvgIpc) is 3.03. The van der Waals surface area contributed by atoms with Crippen LogP contribution < -0.4 is 0 Å². The Bertz CT molecular complexity index is 1330. The smallest absolute Gasteiger partial charge is 0.393 e. The fraction of sp³-hybridized carbons (Fsp3) is 0.974. The van der Waals surface area contributed by atoms with Crippen molar-refractivity contribution in [3.05, 3.63) is 0 Å². The molecule has 366 valence electrons. The standard InChI is InChI=1S/C39H82O10P4S8/c1-27(2)20-32(11)43-51(55,44-33(12)21-28(3)4)59-25-37(16)48-53(57,61-24-36(15)47-50(54,42-31(9)10)58-19-18-39(40)41)49-38(17)26-60-52(56,45-34(13)22-29(5)6)46-35(14)23-30(7)8/h27-38,55H,18-26H2,1-17H3/p+1. The van der Waals surface area contributed by atoms with Crippen molar-refractivity contribution in [2.45, 2.75) is 199 Å². The van der Waals surface area contributed by atoms with Gasteiger partial charge in [0.15, 0.2) is 0 Å². The molecule has 0 rings (SSSR count). The summed E-state index contributed by atoms with van der Waals surface area (Å²) in [5, 5.41) is 9.24. The minimum atomic E-state index is -3.06. The van der Waals surface area contributed by atoms with Crippen LogP contribution in [0.5, 0.6) is 0 Å². The molecule has 0 spiro atoms. The van der Waals surface area contributed by atoms with Crippen molar-refractivity contribution >= 4 is 122 Å². The van der Waals surface area contributed by atoms with Gasteiger partial charge in [-0.25, -0.2) is 0 Å². The summed E-state index contributed by atoms with van der Waals surface area (Å²) in [6.07, 6.45) is -0.594. The molecule has 0 amide bonds. The maximum Gasteiger partial charge on any atom is 0.393 e. The van der Waals surface area contributed by atoms with Gasteiger partial charge in [-0.15, -0.1) is 0 Å². The SMILES string of the molecule is CC(C)CC(C)OP(=S)(OC(C)CC(C)C)SCC(C)OP(=S)(OC(C)CS[P+](S)(OC(C)CC(C)C)OC(C)CC(C)C)SCC(C)OP(=S)(OC(C)C)SCCC(=O)O. The van der Waals surface area contributed by atoms with Gasteiger partial charge in [0.05, 0.1) is 72.4 Å². The molecule has 61 heavy (non-hydrogen) atoms. The second-order valence-corrected chi connectivity index (χ2v) is 43.2.